The van der Waals surface area contributed by atoms with Gasteiger partial charge in [-0.05, 0) is 37.3 Å². The third-order valence-electron chi connectivity index (χ3n) is 3.76. The van der Waals surface area contributed by atoms with Crippen LogP contribution in [0, 0.1) is 17.0 Å². The van der Waals surface area contributed by atoms with Gasteiger partial charge in [-0.1, -0.05) is 11.6 Å². The van der Waals surface area contributed by atoms with E-state index < -0.39 is 17.3 Å². The fourth-order valence-corrected chi connectivity index (χ4v) is 2.47. The Bertz CT molecular complexity index is 927. The number of rotatable bonds is 8. The lowest BCUT2D eigenvalue weighted by Gasteiger charge is -2.10. The number of nitro benzene ring substituents is 1. The van der Waals surface area contributed by atoms with Gasteiger partial charge in [0.2, 0.25) is 0 Å². The fourth-order valence-electron chi connectivity index (χ4n) is 2.47. The third-order valence-corrected chi connectivity index (χ3v) is 3.76. The molecule has 7 nitrogen and oxygen atoms in total. The number of allylic oxidation sites excluding steroid dienone is 1. The topological polar surface area (TPSA) is 87.9 Å². The maximum atomic E-state index is 12.6. The van der Waals surface area contributed by atoms with Crippen LogP contribution in [0.2, 0.25) is 0 Å². The minimum absolute atomic E-state index is 0.0833. The summed E-state index contributed by atoms with van der Waals surface area (Å²) in [6.07, 6.45) is 2.25. The predicted octanol–water partition coefficient (Wildman–Crippen LogP) is 4.42. The first-order valence-corrected chi connectivity index (χ1v) is 7.95. The molecule has 0 radical (unpaired) electrons. The highest BCUT2D eigenvalue weighted by atomic mass is 19.3. The maximum Gasteiger partial charge on any atom is 0.387 e. The molecule has 0 aliphatic rings. The smallest absolute Gasteiger partial charge is 0.387 e. The van der Waals surface area contributed by atoms with Gasteiger partial charge in [0.25, 0.3) is 5.69 Å². The number of methoxy groups -OCH3 is 2. The molecule has 0 spiro atoms. The molecule has 0 fully saturated rings. The molecule has 0 aliphatic carbocycles. The van der Waals surface area contributed by atoms with E-state index in [0.29, 0.717) is 5.56 Å². The first-order valence-electron chi connectivity index (χ1n) is 7.95. The molecule has 0 heterocycles. The Morgan fingerprint density at radius 2 is 1.75 bits per heavy atom. The SMILES string of the molecule is COc1cc(/C=C/C(=O)c2cc(C)ccc2OC(F)F)c([N+](=O)[O-])cc1OC. The number of hydrogen-bond donors (Lipinski definition) is 0. The van der Waals surface area contributed by atoms with Crippen molar-refractivity contribution in [3.63, 3.8) is 0 Å². The van der Waals surface area contributed by atoms with E-state index >= 15 is 0 Å². The van der Waals surface area contributed by atoms with E-state index in [0.717, 1.165) is 6.08 Å². The molecular weight excluding hydrogens is 376 g/mol. The summed E-state index contributed by atoms with van der Waals surface area (Å²) < 4.78 is 39.6. The highest BCUT2D eigenvalue weighted by molar-refractivity contribution is 6.09. The summed E-state index contributed by atoms with van der Waals surface area (Å²) in [6.45, 7) is -1.41. The zero-order valence-electron chi connectivity index (χ0n) is 15.3. The number of carbonyl (C=O) groups excluding carboxylic acids is 1. The van der Waals surface area contributed by atoms with E-state index in [4.69, 9.17) is 9.47 Å². The Morgan fingerprint density at radius 1 is 1.11 bits per heavy atom. The summed E-state index contributed by atoms with van der Waals surface area (Å²) in [5.74, 6) is -0.540. The number of halogens is 2. The average Bonchev–Trinajstić information content (AvgIpc) is 2.66. The number of ether oxygens (including phenoxy) is 3. The Labute approximate surface area is 159 Å². The van der Waals surface area contributed by atoms with Crippen molar-refractivity contribution in [3.05, 3.63) is 63.2 Å². The second-order valence-corrected chi connectivity index (χ2v) is 5.60. The van der Waals surface area contributed by atoms with E-state index in [9.17, 15) is 23.7 Å². The minimum atomic E-state index is -3.09. The number of benzene rings is 2. The molecule has 9 heteroatoms. The second kappa shape index (κ2) is 8.94. The van der Waals surface area contributed by atoms with Gasteiger partial charge in [0.15, 0.2) is 17.3 Å². The van der Waals surface area contributed by atoms with Crippen molar-refractivity contribution in [1.82, 2.24) is 0 Å². The van der Waals surface area contributed by atoms with Crippen LogP contribution in [0.15, 0.2) is 36.4 Å². The van der Waals surface area contributed by atoms with Crippen molar-refractivity contribution in [2.45, 2.75) is 13.5 Å². The molecule has 0 N–H and O–H groups in total. The van der Waals surface area contributed by atoms with E-state index in [2.05, 4.69) is 4.74 Å². The van der Waals surface area contributed by atoms with Crippen LogP contribution in [0.3, 0.4) is 0 Å². The second-order valence-electron chi connectivity index (χ2n) is 5.60. The van der Waals surface area contributed by atoms with E-state index in [1.807, 2.05) is 0 Å². The Kier molecular flexibility index (Phi) is 6.64. The Balaban J connectivity index is 2.44. The molecule has 148 valence electrons. The average molecular weight is 393 g/mol. The van der Waals surface area contributed by atoms with Gasteiger partial charge in [-0.2, -0.15) is 8.78 Å². The molecule has 0 amide bonds. The van der Waals surface area contributed by atoms with Gasteiger partial charge in [0, 0.05) is 0 Å². The third kappa shape index (κ3) is 4.81. The standard InChI is InChI=1S/C19H17F2NO6/c1-11-4-7-16(28-19(20)21)13(8-11)15(23)6-5-12-9-17(26-2)18(27-3)10-14(12)22(24)25/h4-10,19H,1-3H3/b6-5+. The van der Waals surface area contributed by atoms with Crippen LogP contribution in [0.25, 0.3) is 6.08 Å². The van der Waals surface area contributed by atoms with Gasteiger partial charge in [-0.25, -0.2) is 0 Å². The van der Waals surface area contributed by atoms with Crippen molar-refractivity contribution >= 4 is 17.5 Å². The number of nitrogens with zero attached hydrogens (tertiary/aromatic N) is 1. The molecule has 28 heavy (non-hydrogen) atoms. The molecule has 2 aromatic carbocycles. The van der Waals surface area contributed by atoms with E-state index in [1.165, 1.54) is 50.6 Å². The first kappa shape index (κ1) is 20.8. The van der Waals surface area contributed by atoms with Crippen LogP contribution in [-0.4, -0.2) is 31.5 Å². The van der Waals surface area contributed by atoms with Crippen LogP contribution in [0.4, 0.5) is 14.5 Å². The molecule has 0 aromatic heterocycles. The van der Waals surface area contributed by atoms with Crippen LogP contribution >= 0.6 is 0 Å². The molecule has 2 rings (SSSR count). The number of hydrogen-bond acceptors (Lipinski definition) is 6. The molecule has 0 unspecified atom stereocenters. The fraction of sp³-hybridized carbons (Fsp3) is 0.211. The van der Waals surface area contributed by atoms with Crippen molar-refractivity contribution < 1.29 is 32.7 Å². The molecule has 0 atom stereocenters. The van der Waals surface area contributed by atoms with Gasteiger partial charge in [0.1, 0.15) is 5.75 Å². The van der Waals surface area contributed by atoms with Crippen molar-refractivity contribution in [1.29, 1.82) is 0 Å². The van der Waals surface area contributed by atoms with Crippen LogP contribution in [0.5, 0.6) is 17.2 Å². The highest BCUT2D eigenvalue weighted by Gasteiger charge is 2.19. The Hall–Kier alpha value is -3.49. The summed E-state index contributed by atoms with van der Waals surface area (Å²) in [5.41, 5.74) is 0.352. The first-order chi connectivity index (χ1) is 13.3. The van der Waals surface area contributed by atoms with Crippen molar-refractivity contribution in [2.75, 3.05) is 14.2 Å². The number of nitro groups is 1. The van der Waals surface area contributed by atoms with Gasteiger partial charge >= 0.3 is 6.61 Å². The monoisotopic (exact) mass is 393 g/mol. The number of carbonyl (C=O) groups is 1. The maximum absolute atomic E-state index is 12.6. The van der Waals surface area contributed by atoms with Gasteiger partial charge in [-0.15, -0.1) is 0 Å². The lowest BCUT2D eigenvalue weighted by molar-refractivity contribution is -0.385. The predicted molar refractivity (Wildman–Crippen MR) is 97.4 cm³/mol. The quantitative estimate of drug-likeness (QED) is 0.286. The van der Waals surface area contributed by atoms with Gasteiger partial charge in [-0.3, -0.25) is 14.9 Å². The summed E-state index contributed by atoms with van der Waals surface area (Å²) in [5, 5.41) is 11.3. The number of alkyl halides is 2. The molecule has 0 saturated carbocycles. The minimum Gasteiger partial charge on any atom is -0.493 e. The normalized spacial score (nSPS) is 10.9. The Morgan fingerprint density at radius 3 is 2.32 bits per heavy atom. The zero-order chi connectivity index (χ0) is 20.8. The molecule has 0 saturated heterocycles. The highest BCUT2D eigenvalue weighted by Crippen LogP contribution is 2.35. The lowest BCUT2D eigenvalue weighted by Crippen LogP contribution is -2.07. The van der Waals surface area contributed by atoms with Crippen molar-refractivity contribution in [3.8, 4) is 17.2 Å². The van der Waals surface area contributed by atoms with E-state index in [1.54, 1.807) is 6.92 Å². The van der Waals surface area contributed by atoms with E-state index in [-0.39, 0.29) is 34.1 Å². The van der Waals surface area contributed by atoms with Gasteiger partial charge in [0.05, 0.1) is 36.3 Å². The molecule has 0 aliphatic heterocycles. The number of ketones is 1. The summed E-state index contributed by atoms with van der Waals surface area (Å²) >= 11 is 0. The van der Waals surface area contributed by atoms with Crippen LogP contribution < -0.4 is 14.2 Å². The van der Waals surface area contributed by atoms with Crippen molar-refractivity contribution in [2.24, 2.45) is 0 Å². The molecule has 2 aromatic rings. The van der Waals surface area contributed by atoms with Gasteiger partial charge < -0.3 is 14.2 Å². The number of aryl methyl sites for hydroxylation is 1. The molecular formula is C19H17F2NO6. The lowest BCUT2D eigenvalue weighted by atomic mass is 10.0. The van der Waals surface area contributed by atoms with Crippen LogP contribution in [-0.2, 0) is 0 Å². The largest absolute Gasteiger partial charge is 0.493 e. The summed E-state index contributed by atoms with van der Waals surface area (Å²) in [4.78, 5) is 23.2. The van der Waals surface area contributed by atoms with Crippen LogP contribution in [0.1, 0.15) is 21.5 Å². The summed E-state index contributed by atoms with van der Waals surface area (Å²) in [6, 6.07) is 6.70. The zero-order valence-corrected chi connectivity index (χ0v) is 15.3. The summed E-state index contributed by atoms with van der Waals surface area (Å²) in [7, 11) is 2.70. The molecule has 0 bridgehead atoms.